The number of pyridine rings is 1. The third-order valence-electron chi connectivity index (χ3n) is 2.69. The summed E-state index contributed by atoms with van der Waals surface area (Å²) in [6.07, 6.45) is 4.04. The lowest BCUT2D eigenvalue weighted by Crippen LogP contribution is -2.30. The number of nitrogens with two attached hydrogens (primary N) is 1. The SMILES string of the molecule is CC(CC(N)=O)NCc1c[nH]c2ncccc12. The molecule has 0 spiro atoms. The average molecular weight is 232 g/mol. The first-order valence-corrected chi connectivity index (χ1v) is 5.59. The monoisotopic (exact) mass is 232 g/mol. The topological polar surface area (TPSA) is 83.8 Å². The number of nitrogens with one attached hydrogen (secondary N) is 2. The maximum absolute atomic E-state index is 10.7. The Morgan fingerprint density at radius 3 is 3.24 bits per heavy atom. The van der Waals surface area contributed by atoms with E-state index in [4.69, 9.17) is 5.73 Å². The molecule has 1 atom stereocenters. The number of nitrogens with zero attached hydrogens (tertiary/aromatic N) is 1. The maximum Gasteiger partial charge on any atom is 0.218 e. The van der Waals surface area contributed by atoms with E-state index in [0.717, 1.165) is 16.6 Å². The first-order chi connectivity index (χ1) is 8.16. The van der Waals surface area contributed by atoms with Crippen molar-refractivity contribution in [2.45, 2.75) is 25.9 Å². The van der Waals surface area contributed by atoms with E-state index in [1.807, 2.05) is 25.3 Å². The number of amides is 1. The molecule has 1 amide bonds. The molecule has 0 fully saturated rings. The van der Waals surface area contributed by atoms with Crippen LogP contribution in [0.5, 0.6) is 0 Å². The minimum atomic E-state index is -0.286. The summed E-state index contributed by atoms with van der Waals surface area (Å²) in [6.45, 7) is 2.64. The Morgan fingerprint density at radius 2 is 2.47 bits per heavy atom. The molecular formula is C12H16N4O. The standard InChI is InChI=1S/C12H16N4O/c1-8(5-11(13)17)15-6-9-7-16-12-10(9)3-2-4-14-12/h2-4,7-8,15H,5-6H2,1H3,(H2,13,17)(H,14,16). The number of carbonyl (C=O) groups excluding carboxylic acids is 1. The quantitative estimate of drug-likeness (QED) is 0.716. The van der Waals surface area contributed by atoms with Crippen LogP contribution in [0.2, 0.25) is 0 Å². The highest BCUT2D eigenvalue weighted by molar-refractivity contribution is 5.79. The summed E-state index contributed by atoms with van der Waals surface area (Å²) in [6, 6.07) is 4.01. The predicted octanol–water partition coefficient (Wildman–Crippen LogP) is 0.916. The summed E-state index contributed by atoms with van der Waals surface area (Å²) < 4.78 is 0. The van der Waals surface area contributed by atoms with Crippen LogP contribution in [0.1, 0.15) is 18.9 Å². The normalized spacial score (nSPS) is 12.8. The second-order valence-corrected chi connectivity index (χ2v) is 4.17. The Bertz CT molecular complexity index is 520. The van der Waals surface area contributed by atoms with Crippen LogP contribution < -0.4 is 11.1 Å². The van der Waals surface area contributed by atoms with Gasteiger partial charge in [0.2, 0.25) is 5.91 Å². The number of hydrogen-bond donors (Lipinski definition) is 3. The molecule has 2 rings (SSSR count). The van der Waals surface area contributed by atoms with Crippen molar-refractivity contribution in [2.24, 2.45) is 5.73 Å². The van der Waals surface area contributed by atoms with E-state index in [1.54, 1.807) is 6.20 Å². The van der Waals surface area contributed by atoms with Crippen molar-refractivity contribution in [1.29, 1.82) is 0 Å². The van der Waals surface area contributed by atoms with Gasteiger partial charge < -0.3 is 16.0 Å². The fraction of sp³-hybridized carbons (Fsp3) is 0.333. The molecule has 1 unspecified atom stereocenters. The number of H-pyrrole nitrogens is 1. The highest BCUT2D eigenvalue weighted by Crippen LogP contribution is 2.15. The average Bonchev–Trinajstić information content (AvgIpc) is 2.69. The minimum Gasteiger partial charge on any atom is -0.370 e. The van der Waals surface area contributed by atoms with E-state index >= 15 is 0 Å². The molecule has 4 N–H and O–H groups in total. The van der Waals surface area contributed by atoms with E-state index in [-0.39, 0.29) is 11.9 Å². The number of rotatable bonds is 5. The van der Waals surface area contributed by atoms with E-state index in [2.05, 4.69) is 15.3 Å². The van der Waals surface area contributed by atoms with E-state index in [1.165, 1.54) is 0 Å². The summed E-state index contributed by atoms with van der Waals surface area (Å²) >= 11 is 0. The van der Waals surface area contributed by atoms with Gasteiger partial charge in [0.15, 0.2) is 0 Å². The van der Waals surface area contributed by atoms with Crippen LogP contribution in [0.3, 0.4) is 0 Å². The summed E-state index contributed by atoms with van der Waals surface area (Å²) in [5, 5.41) is 4.36. The van der Waals surface area contributed by atoms with Crippen LogP contribution in [0.4, 0.5) is 0 Å². The van der Waals surface area contributed by atoms with Crippen molar-refractivity contribution in [3.8, 4) is 0 Å². The number of carbonyl (C=O) groups is 1. The van der Waals surface area contributed by atoms with Crippen molar-refractivity contribution < 1.29 is 4.79 Å². The zero-order valence-corrected chi connectivity index (χ0v) is 9.73. The van der Waals surface area contributed by atoms with Gasteiger partial charge in [0.05, 0.1) is 0 Å². The number of aromatic amines is 1. The van der Waals surface area contributed by atoms with Gasteiger partial charge in [-0.25, -0.2) is 4.98 Å². The molecule has 0 radical (unpaired) electrons. The second-order valence-electron chi connectivity index (χ2n) is 4.17. The fourth-order valence-electron chi connectivity index (χ4n) is 1.82. The molecule has 2 aromatic rings. The maximum atomic E-state index is 10.7. The Morgan fingerprint density at radius 1 is 1.65 bits per heavy atom. The minimum absolute atomic E-state index is 0.0779. The van der Waals surface area contributed by atoms with Crippen LogP contribution in [-0.4, -0.2) is 21.9 Å². The van der Waals surface area contributed by atoms with Crippen LogP contribution in [0.15, 0.2) is 24.5 Å². The number of primary amides is 1. The van der Waals surface area contributed by atoms with Crippen LogP contribution in [0.25, 0.3) is 11.0 Å². The van der Waals surface area contributed by atoms with Crippen LogP contribution >= 0.6 is 0 Å². The molecule has 0 aromatic carbocycles. The molecule has 0 saturated heterocycles. The zero-order valence-electron chi connectivity index (χ0n) is 9.73. The third-order valence-corrected chi connectivity index (χ3v) is 2.69. The van der Waals surface area contributed by atoms with Gasteiger partial charge in [0.1, 0.15) is 5.65 Å². The van der Waals surface area contributed by atoms with E-state index in [0.29, 0.717) is 13.0 Å². The number of fused-ring (bicyclic) bond motifs is 1. The molecule has 0 aliphatic rings. The molecule has 90 valence electrons. The molecule has 0 aliphatic heterocycles. The fourth-order valence-corrected chi connectivity index (χ4v) is 1.82. The van der Waals surface area contributed by atoms with Crippen LogP contribution in [0, 0.1) is 0 Å². The lowest BCUT2D eigenvalue weighted by atomic mass is 10.2. The van der Waals surface area contributed by atoms with Gasteiger partial charge in [0, 0.05) is 36.8 Å². The first kappa shape index (κ1) is 11.6. The Hall–Kier alpha value is -1.88. The lowest BCUT2D eigenvalue weighted by molar-refractivity contribution is -0.118. The molecule has 17 heavy (non-hydrogen) atoms. The molecule has 0 saturated carbocycles. The Balaban J connectivity index is 2.02. The predicted molar refractivity (Wildman–Crippen MR) is 66.2 cm³/mol. The molecular weight excluding hydrogens is 216 g/mol. The van der Waals surface area contributed by atoms with Crippen molar-refractivity contribution in [1.82, 2.24) is 15.3 Å². The third kappa shape index (κ3) is 2.82. The van der Waals surface area contributed by atoms with E-state index in [9.17, 15) is 4.79 Å². The zero-order chi connectivity index (χ0) is 12.3. The van der Waals surface area contributed by atoms with Gasteiger partial charge in [-0.1, -0.05) is 0 Å². The van der Waals surface area contributed by atoms with Gasteiger partial charge in [-0.2, -0.15) is 0 Å². The van der Waals surface area contributed by atoms with Gasteiger partial charge in [0.25, 0.3) is 0 Å². The Kier molecular flexibility index (Phi) is 3.39. The van der Waals surface area contributed by atoms with Crippen molar-refractivity contribution >= 4 is 16.9 Å². The van der Waals surface area contributed by atoms with Gasteiger partial charge in [-0.15, -0.1) is 0 Å². The molecule has 2 aromatic heterocycles. The van der Waals surface area contributed by atoms with Gasteiger partial charge >= 0.3 is 0 Å². The van der Waals surface area contributed by atoms with Gasteiger partial charge in [-0.3, -0.25) is 4.79 Å². The molecule has 5 heteroatoms. The van der Waals surface area contributed by atoms with Crippen molar-refractivity contribution in [3.05, 3.63) is 30.1 Å². The molecule has 5 nitrogen and oxygen atoms in total. The first-order valence-electron chi connectivity index (χ1n) is 5.59. The van der Waals surface area contributed by atoms with Crippen LogP contribution in [-0.2, 0) is 11.3 Å². The largest absolute Gasteiger partial charge is 0.370 e. The van der Waals surface area contributed by atoms with Crippen molar-refractivity contribution in [3.63, 3.8) is 0 Å². The molecule has 2 heterocycles. The summed E-state index contributed by atoms with van der Waals surface area (Å²) in [5.74, 6) is -0.286. The molecule has 0 bridgehead atoms. The highest BCUT2D eigenvalue weighted by Gasteiger charge is 2.07. The Labute approximate surface area is 99.4 Å². The smallest absolute Gasteiger partial charge is 0.218 e. The lowest BCUT2D eigenvalue weighted by Gasteiger charge is -2.10. The number of hydrogen-bond acceptors (Lipinski definition) is 3. The summed E-state index contributed by atoms with van der Waals surface area (Å²) in [5.41, 5.74) is 7.16. The van der Waals surface area contributed by atoms with Crippen molar-refractivity contribution in [2.75, 3.05) is 0 Å². The highest BCUT2D eigenvalue weighted by atomic mass is 16.1. The number of aromatic nitrogens is 2. The van der Waals surface area contributed by atoms with Gasteiger partial charge in [-0.05, 0) is 24.6 Å². The molecule has 0 aliphatic carbocycles. The summed E-state index contributed by atoms with van der Waals surface area (Å²) in [4.78, 5) is 18.1. The van der Waals surface area contributed by atoms with E-state index < -0.39 is 0 Å². The second kappa shape index (κ2) is 4.97. The summed E-state index contributed by atoms with van der Waals surface area (Å²) in [7, 11) is 0.